The molecule has 0 saturated carbocycles. The van der Waals surface area contributed by atoms with E-state index in [1.807, 2.05) is 24.3 Å². The lowest BCUT2D eigenvalue weighted by atomic mass is 9.97. The molecule has 0 bridgehead atoms. The van der Waals surface area contributed by atoms with Crippen LogP contribution in [0.1, 0.15) is 36.5 Å². The predicted octanol–water partition coefficient (Wildman–Crippen LogP) is 5.99. The fourth-order valence-electron chi connectivity index (χ4n) is 3.90. The Kier molecular flexibility index (Phi) is 7.75. The Bertz CT molecular complexity index is 1040. The van der Waals surface area contributed by atoms with Gasteiger partial charge in [0, 0.05) is 24.2 Å². The zero-order valence-electron chi connectivity index (χ0n) is 18.3. The van der Waals surface area contributed by atoms with Gasteiger partial charge in [-0.3, -0.25) is 4.90 Å². The van der Waals surface area contributed by atoms with E-state index in [-0.39, 0.29) is 6.79 Å². The quantitative estimate of drug-likeness (QED) is 0.380. The van der Waals surface area contributed by atoms with Gasteiger partial charge in [-0.15, -0.1) is 10.2 Å². The molecule has 0 radical (unpaired) electrons. The molecule has 0 amide bonds. The normalized spacial score (nSPS) is 13.0. The standard InChI is InChI=1S/C26H28ClN3O2/c1-2-3-14-23-24(26(27)29-28-25(23)21-12-8-5-9-13-21)17-30(16-22-18-31-19-32-22)15-20-10-6-4-7-11-20/h4-13,18H,2-3,14-17,19H2,1H3. The van der Waals surface area contributed by atoms with Crippen molar-refractivity contribution < 1.29 is 9.47 Å². The van der Waals surface area contributed by atoms with E-state index in [2.05, 4.69) is 58.4 Å². The molecule has 3 aromatic rings. The summed E-state index contributed by atoms with van der Waals surface area (Å²) >= 11 is 6.66. The number of aromatic nitrogens is 2. The van der Waals surface area contributed by atoms with Gasteiger partial charge in [0.25, 0.3) is 0 Å². The summed E-state index contributed by atoms with van der Waals surface area (Å²) in [5.74, 6) is 0.817. The highest BCUT2D eigenvalue weighted by atomic mass is 35.5. The van der Waals surface area contributed by atoms with Crippen LogP contribution >= 0.6 is 11.6 Å². The molecule has 2 heterocycles. The molecule has 0 unspecified atom stereocenters. The molecule has 1 aromatic heterocycles. The van der Waals surface area contributed by atoms with Gasteiger partial charge in [0.1, 0.15) is 12.0 Å². The third-order valence-corrected chi connectivity index (χ3v) is 5.81. The number of benzene rings is 2. The number of hydrogen-bond donors (Lipinski definition) is 0. The lowest BCUT2D eigenvalue weighted by molar-refractivity contribution is 0.0713. The second-order valence-corrected chi connectivity index (χ2v) is 8.27. The van der Waals surface area contributed by atoms with Gasteiger partial charge in [0.2, 0.25) is 6.79 Å². The number of halogens is 1. The van der Waals surface area contributed by atoms with Crippen LogP contribution in [0.2, 0.25) is 5.15 Å². The lowest BCUT2D eigenvalue weighted by Gasteiger charge is -2.25. The van der Waals surface area contributed by atoms with Gasteiger partial charge < -0.3 is 9.47 Å². The van der Waals surface area contributed by atoms with Gasteiger partial charge in [0.05, 0.1) is 12.2 Å². The third-order valence-electron chi connectivity index (χ3n) is 5.50. The molecular weight excluding hydrogens is 422 g/mol. The summed E-state index contributed by atoms with van der Waals surface area (Å²) < 4.78 is 10.9. The number of ether oxygens (including phenoxy) is 2. The first-order chi connectivity index (χ1) is 15.7. The van der Waals surface area contributed by atoms with Crippen molar-refractivity contribution in [3.05, 3.63) is 94.5 Å². The molecule has 1 aliphatic rings. The van der Waals surface area contributed by atoms with Crippen LogP contribution in [-0.2, 0) is 29.0 Å². The Balaban J connectivity index is 1.69. The maximum absolute atomic E-state index is 6.66. The van der Waals surface area contributed by atoms with Gasteiger partial charge >= 0.3 is 0 Å². The second kappa shape index (κ2) is 11.1. The first-order valence-corrected chi connectivity index (χ1v) is 11.4. The van der Waals surface area contributed by atoms with Crippen LogP contribution in [0, 0.1) is 0 Å². The molecule has 0 saturated heterocycles. The summed E-state index contributed by atoms with van der Waals surface area (Å²) in [7, 11) is 0. The van der Waals surface area contributed by atoms with Crippen LogP contribution < -0.4 is 0 Å². The van der Waals surface area contributed by atoms with Crippen molar-refractivity contribution in [1.82, 2.24) is 15.1 Å². The molecule has 32 heavy (non-hydrogen) atoms. The van der Waals surface area contributed by atoms with Crippen molar-refractivity contribution in [2.75, 3.05) is 13.3 Å². The van der Waals surface area contributed by atoms with E-state index >= 15 is 0 Å². The zero-order chi connectivity index (χ0) is 22.2. The second-order valence-electron chi connectivity index (χ2n) is 7.91. The first-order valence-electron chi connectivity index (χ1n) is 11.0. The number of unbranched alkanes of at least 4 members (excludes halogenated alkanes) is 1. The van der Waals surface area contributed by atoms with Crippen molar-refractivity contribution in [3.8, 4) is 11.3 Å². The monoisotopic (exact) mass is 449 g/mol. The van der Waals surface area contributed by atoms with Crippen LogP contribution in [0.25, 0.3) is 11.3 Å². The van der Waals surface area contributed by atoms with E-state index in [0.29, 0.717) is 18.2 Å². The van der Waals surface area contributed by atoms with Crippen LogP contribution in [0.3, 0.4) is 0 Å². The number of rotatable bonds is 10. The molecule has 4 rings (SSSR count). The first kappa shape index (κ1) is 22.3. The molecule has 0 aliphatic carbocycles. The van der Waals surface area contributed by atoms with Gasteiger partial charge in [-0.25, -0.2) is 0 Å². The maximum Gasteiger partial charge on any atom is 0.229 e. The van der Waals surface area contributed by atoms with Crippen molar-refractivity contribution in [1.29, 1.82) is 0 Å². The van der Waals surface area contributed by atoms with E-state index in [1.165, 1.54) is 11.1 Å². The predicted molar refractivity (Wildman–Crippen MR) is 127 cm³/mol. The molecule has 2 aromatic carbocycles. The van der Waals surface area contributed by atoms with E-state index in [1.54, 1.807) is 6.26 Å². The minimum Gasteiger partial charge on any atom is -0.462 e. The maximum atomic E-state index is 6.66. The summed E-state index contributed by atoms with van der Waals surface area (Å²) in [6.07, 6.45) is 4.76. The van der Waals surface area contributed by atoms with Crippen molar-refractivity contribution >= 4 is 11.6 Å². The van der Waals surface area contributed by atoms with E-state index in [9.17, 15) is 0 Å². The Hall–Kier alpha value is -2.89. The average Bonchev–Trinajstić information content (AvgIpc) is 3.33. The number of hydrogen-bond acceptors (Lipinski definition) is 5. The summed E-state index contributed by atoms with van der Waals surface area (Å²) in [6.45, 7) is 4.49. The molecule has 0 atom stereocenters. The smallest absolute Gasteiger partial charge is 0.229 e. The van der Waals surface area contributed by atoms with Gasteiger partial charge in [-0.2, -0.15) is 0 Å². The molecule has 5 nitrogen and oxygen atoms in total. The molecular formula is C26H28ClN3O2. The Morgan fingerprint density at radius 1 is 0.906 bits per heavy atom. The molecule has 0 fully saturated rings. The zero-order valence-corrected chi connectivity index (χ0v) is 19.1. The number of nitrogens with zero attached hydrogens (tertiary/aromatic N) is 3. The minimum atomic E-state index is 0.270. The van der Waals surface area contributed by atoms with E-state index < -0.39 is 0 Å². The van der Waals surface area contributed by atoms with Gasteiger partial charge in [0.15, 0.2) is 5.15 Å². The van der Waals surface area contributed by atoms with E-state index in [0.717, 1.165) is 48.4 Å². The highest BCUT2D eigenvalue weighted by Crippen LogP contribution is 2.30. The SMILES string of the molecule is CCCCc1c(-c2ccccc2)nnc(Cl)c1CN(CC1=COCO1)Cc1ccccc1. The van der Waals surface area contributed by atoms with Crippen molar-refractivity contribution in [2.45, 2.75) is 39.3 Å². The minimum absolute atomic E-state index is 0.270. The van der Waals surface area contributed by atoms with Crippen LogP contribution in [0.15, 0.2) is 72.7 Å². The Labute approximate surface area is 194 Å². The molecule has 166 valence electrons. The van der Waals surface area contributed by atoms with Gasteiger partial charge in [-0.05, 0) is 24.0 Å². The van der Waals surface area contributed by atoms with Crippen LogP contribution in [0.4, 0.5) is 0 Å². The molecule has 6 heteroatoms. The summed E-state index contributed by atoms with van der Waals surface area (Å²) in [6, 6.07) is 20.6. The topological polar surface area (TPSA) is 47.5 Å². The molecule has 0 spiro atoms. The highest BCUT2D eigenvalue weighted by molar-refractivity contribution is 6.30. The van der Waals surface area contributed by atoms with Crippen molar-refractivity contribution in [2.24, 2.45) is 0 Å². The van der Waals surface area contributed by atoms with Gasteiger partial charge in [-0.1, -0.05) is 85.6 Å². The fraction of sp³-hybridized carbons (Fsp3) is 0.308. The highest BCUT2D eigenvalue weighted by Gasteiger charge is 2.21. The Morgan fingerprint density at radius 3 is 2.34 bits per heavy atom. The molecule has 0 N–H and O–H groups in total. The molecule has 1 aliphatic heterocycles. The average molecular weight is 450 g/mol. The van der Waals surface area contributed by atoms with Crippen molar-refractivity contribution in [3.63, 3.8) is 0 Å². The largest absolute Gasteiger partial charge is 0.462 e. The summed E-state index contributed by atoms with van der Waals surface area (Å²) in [5.41, 5.74) is 5.41. The summed E-state index contributed by atoms with van der Waals surface area (Å²) in [5, 5.41) is 9.30. The summed E-state index contributed by atoms with van der Waals surface area (Å²) in [4.78, 5) is 2.31. The van der Waals surface area contributed by atoms with E-state index in [4.69, 9.17) is 21.1 Å². The Morgan fingerprint density at radius 2 is 1.66 bits per heavy atom. The van der Waals surface area contributed by atoms with Crippen LogP contribution in [0.5, 0.6) is 0 Å². The lowest BCUT2D eigenvalue weighted by Crippen LogP contribution is -2.26. The third kappa shape index (κ3) is 5.67. The van der Waals surface area contributed by atoms with Crippen LogP contribution in [-0.4, -0.2) is 28.4 Å². The fourth-order valence-corrected chi connectivity index (χ4v) is 4.11.